The Kier molecular flexibility index (Phi) is 5.67. The molecule has 2 rings (SSSR count). The quantitative estimate of drug-likeness (QED) is 0.883. The van der Waals surface area contributed by atoms with Crippen molar-refractivity contribution in [3.05, 3.63) is 58.6 Å². The van der Waals surface area contributed by atoms with Gasteiger partial charge in [0.1, 0.15) is 6.61 Å². The Morgan fingerprint density at radius 2 is 1.91 bits per heavy atom. The van der Waals surface area contributed by atoms with Gasteiger partial charge >= 0.3 is 0 Å². The Balaban J connectivity index is 2.27. The highest BCUT2D eigenvalue weighted by Gasteiger charge is 2.15. The molecule has 2 aromatic rings. The Bertz CT molecular complexity index is 644. The van der Waals surface area contributed by atoms with E-state index >= 15 is 0 Å². The fourth-order valence-electron chi connectivity index (χ4n) is 1.98. The number of carbonyl (C=O) groups excluding carboxylic acids is 1. The van der Waals surface area contributed by atoms with E-state index in [4.69, 9.17) is 21.1 Å². The number of hydrogen-bond donors (Lipinski definition) is 1. The van der Waals surface area contributed by atoms with Crippen LogP contribution in [0.4, 0.5) is 0 Å². The zero-order valence-electron chi connectivity index (χ0n) is 12.6. The van der Waals surface area contributed by atoms with Gasteiger partial charge in [-0.3, -0.25) is 4.79 Å². The van der Waals surface area contributed by atoms with E-state index in [1.165, 1.54) is 0 Å². The van der Waals surface area contributed by atoms with E-state index in [2.05, 4.69) is 5.32 Å². The van der Waals surface area contributed by atoms with Crippen LogP contribution in [0.3, 0.4) is 0 Å². The van der Waals surface area contributed by atoms with Crippen molar-refractivity contribution in [3.8, 4) is 11.5 Å². The number of rotatable bonds is 6. The SMILES string of the molecule is CCOc1cc(C(=O)NC)cc(Cl)c1OCc1ccccc1. The van der Waals surface area contributed by atoms with E-state index in [0.29, 0.717) is 35.3 Å². The van der Waals surface area contributed by atoms with Crippen molar-refractivity contribution in [2.45, 2.75) is 13.5 Å². The fourth-order valence-corrected chi connectivity index (χ4v) is 2.24. The predicted octanol–water partition coefficient (Wildman–Crippen LogP) is 3.68. The number of nitrogens with one attached hydrogen (secondary N) is 1. The number of halogens is 1. The molecule has 22 heavy (non-hydrogen) atoms. The highest BCUT2D eigenvalue weighted by molar-refractivity contribution is 6.32. The third-order valence-corrected chi connectivity index (χ3v) is 3.31. The number of carbonyl (C=O) groups is 1. The number of hydrogen-bond acceptors (Lipinski definition) is 3. The molecule has 0 heterocycles. The van der Waals surface area contributed by atoms with Gasteiger partial charge in [-0.1, -0.05) is 41.9 Å². The largest absolute Gasteiger partial charge is 0.490 e. The van der Waals surface area contributed by atoms with Crippen molar-refractivity contribution >= 4 is 17.5 Å². The molecule has 0 saturated carbocycles. The maximum atomic E-state index is 11.7. The molecular weight excluding hydrogens is 302 g/mol. The van der Waals surface area contributed by atoms with E-state index in [-0.39, 0.29) is 5.91 Å². The van der Waals surface area contributed by atoms with Crippen LogP contribution in [0.15, 0.2) is 42.5 Å². The molecule has 0 atom stereocenters. The molecule has 0 saturated heterocycles. The molecule has 5 heteroatoms. The van der Waals surface area contributed by atoms with E-state index in [1.807, 2.05) is 37.3 Å². The summed E-state index contributed by atoms with van der Waals surface area (Å²) in [7, 11) is 1.57. The summed E-state index contributed by atoms with van der Waals surface area (Å²) in [5.41, 5.74) is 1.46. The van der Waals surface area contributed by atoms with E-state index in [0.717, 1.165) is 5.56 Å². The van der Waals surface area contributed by atoms with Crippen molar-refractivity contribution in [2.75, 3.05) is 13.7 Å². The summed E-state index contributed by atoms with van der Waals surface area (Å²) < 4.78 is 11.3. The first-order valence-electron chi connectivity index (χ1n) is 7.00. The van der Waals surface area contributed by atoms with E-state index in [9.17, 15) is 4.79 Å². The maximum absolute atomic E-state index is 11.7. The highest BCUT2D eigenvalue weighted by Crippen LogP contribution is 2.37. The van der Waals surface area contributed by atoms with Gasteiger partial charge in [-0.2, -0.15) is 0 Å². The molecule has 4 nitrogen and oxygen atoms in total. The fraction of sp³-hybridized carbons (Fsp3) is 0.235. The summed E-state index contributed by atoms with van der Waals surface area (Å²) in [4.78, 5) is 11.7. The minimum atomic E-state index is -0.225. The smallest absolute Gasteiger partial charge is 0.251 e. The van der Waals surface area contributed by atoms with E-state index in [1.54, 1.807) is 19.2 Å². The van der Waals surface area contributed by atoms with Gasteiger partial charge in [0, 0.05) is 12.6 Å². The standard InChI is InChI=1S/C17H18ClNO3/c1-3-21-15-10-13(17(20)19-2)9-14(18)16(15)22-11-12-7-5-4-6-8-12/h4-10H,3,11H2,1-2H3,(H,19,20). The minimum Gasteiger partial charge on any atom is -0.490 e. The molecule has 0 aromatic heterocycles. The van der Waals surface area contributed by atoms with Crippen molar-refractivity contribution in [2.24, 2.45) is 0 Å². The molecule has 0 aliphatic heterocycles. The molecule has 0 aliphatic rings. The second kappa shape index (κ2) is 7.71. The first kappa shape index (κ1) is 16.2. The first-order valence-corrected chi connectivity index (χ1v) is 7.38. The summed E-state index contributed by atoms with van der Waals surface area (Å²) in [6.45, 7) is 2.69. The monoisotopic (exact) mass is 319 g/mol. The van der Waals surface area contributed by atoms with Crippen LogP contribution in [-0.4, -0.2) is 19.6 Å². The van der Waals surface area contributed by atoms with Gasteiger partial charge in [0.2, 0.25) is 0 Å². The molecular formula is C17H18ClNO3. The van der Waals surface area contributed by atoms with Crippen LogP contribution in [0.2, 0.25) is 5.02 Å². The molecule has 116 valence electrons. The Labute approximate surface area is 135 Å². The zero-order chi connectivity index (χ0) is 15.9. The Morgan fingerprint density at radius 1 is 1.18 bits per heavy atom. The lowest BCUT2D eigenvalue weighted by molar-refractivity contribution is 0.0962. The minimum absolute atomic E-state index is 0.225. The van der Waals surface area contributed by atoms with Crippen LogP contribution in [0, 0.1) is 0 Å². The van der Waals surface area contributed by atoms with Crippen LogP contribution in [0.1, 0.15) is 22.8 Å². The first-order chi connectivity index (χ1) is 10.7. The van der Waals surface area contributed by atoms with Gasteiger partial charge < -0.3 is 14.8 Å². The van der Waals surface area contributed by atoms with Gasteiger partial charge in [0.05, 0.1) is 11.6 Å². The topological polar surface area (TPSA) is 47.6 Å². The summed E-state index contributed by atoms with van der Waals surface area (Å²) in [6.07, 6.45) is 0. The van der Waals surface area contributed by atoms with Crippen LogP contribution in [0.5, 0.6) is 11.5 Å². The maximum Gasteiger partial charge on any atom is 0.251 e. The lowest BCUT2D eigenvalue weighted by Gasteiger charge is -2.15. The Morgan fingerprint density at radius 3 is 2.55 bits per heavy atom. The summed E-state index contributed by atoms with van der Waals surface area (Å²) >= 11 is 6.25. The Hall–Kier alpha value is -2.20. The number of ether oxygens (including phenoxy) is 2. The summed E-state index contributed by atoms with van der Waals surface area (Å²) in [5.74, 6) is 0.682. The van der Waals surface area contributed by atoms with Crippen LogP contribution in [-0.2, 0) is 6.61 Å². The molecule has 0 unspecified atom stereocenters. The molecule has 0 fully saturated rings. The van der Waals surface area contributed by atoms with Crippen molar-refractivity contribution in [1.82, 2.24) is 5.32 Å². The molecule has 0 aliphatic carbocycles. The number of benzene rings is 2. The third-order valence-electron chi connectivity index (χ3n) is 3.02. The van der Waals surface area contributed by atoms with Gasteiger partial charge in [-0.05, 0) is 24.6 Å². The average molecular weight is 320 g/mol. The van der Waals surface area contributed by atoms with Crippen LogP contribution < -0.4 is 14.8 Å². The van der Waals surface area contributed by atoms with E-state index < -0.39 is 0 Å². The molecule has 0 spiro atoms. The van der Waals surface area contributed by atoms with Gasteiger partial charge in [-0.25, -0.2) is 0 Å². The van der Waals surface area contributed by atoms with Crippen LogP contribution in [0.25, 0.3) is 0 Å². The summed E-state index contributed by atoms with van der Waals surface area (Å²) in [5, 5.41) is 2.91. The van der Waals surface area contributed by atoms with Crippen molar-refractivity contribution < 1.29 is 14.3 Å². The van der Waals surface area contributed by atoms with Gasteiger partial charge in [-0.15, -0.1) is 0 Å². The lowest BCUT2D eigenvalue weighted by Crippen LogP contribution is -2.18. The lowest BCUT2D eigenvalue weighted by atomic mass is 10.2. The summed E-state index contributed by atoms with van der Waals surface area (Å²) in [6, 6.07) is 13.0. The normalized spacial score (nSPS) is 10.1. The van der Waals surface area contributed by atoms with Crippen LogP contribution >= 0.6 is 11.6 Å². The highest BCUT2D eigenvalue weighted by atomic mass is 35.5. The molecule has 2 aromatic carbocycles. The average Bonchev–Trinajstić information content (AvgIpc) is 2.54. The molecule has 0 radical (unpaired) electrons. The van der Waals surface area contributed by atoms with Gasteiger partial charge in [0.15, 0.2) is 11.5 Å². The zero-order valence-corrected chi connectivity index (χ0v) is 13.3. The second-order valence-electron chi connectivity index (χ2n) is 4.57. The molecule has 1 amide bonds. The second-order valence-corrected chi connectivity index (χ2v) is 4.98. The van der Waals surface area contributed by atoms with Crippen molar-refractivity contribution in [3.63, 3.8) is 0 Å². The number of amides is 1. The molecule has 1 N–H and O–H groups in total. The van der Waals surface area contributed by atoms with Crippen molar-refractivity contribution in [1.29, 1.82) is 0 Å². The predicted molar refractivity (Wildman–Crippen MR) is 86.8 cm³/mol. The third kappa shape index (κ3) is 3.92. The molecule has 0 bridgehead atoms. The van der Waals surface area contributed by atoms with Gasteiger partial charge in [0.25, 0.3) is 5.91 Å².